The summed E-state index contributed by atoms with van der Waals surface area (Å²) in [4.78, 5) is 34.2. The van der Waals surface area contributed by atoms with Crippen molar-refractivity contribution in [3.63, 3.8) is 0 Å². The van der Waals surface area contributed by atoms with Crippen LogP contribution in [0.1, 0.15) is 22.3 Å². The van der Waals surface area contributed by atoms with Crippen molar-refractivity contribution in [1.29, 1.82) is 0 Å². The first-order chi connectivity index (χ1) is 10.1. The minimum absolute atomic E-state index is 0.0991. The van der Waals surface area contributed by atoms with Crippen molar-refractivity contribution in [2.45, 2.75) is 12.8 Å². The van der Waals surface area contributed by atoms with E-state index in [0.717, 1.165) is 0 Å². The van der Waals surface area contributed by atoms with E-state index in [0.29, 0.717) is 11.1 Å². The lowest BCUT2D eigenvalue weighted by atomic mass is 10.0. The Morgan fingerprint density at radius 3 is 2.24 bits per heavy atom. The zero-order valence-corrected chi connectivity index (χ0v) is 11.2. The van der Waals surface area contributed by atoms with E-state index < -0.39 is 4.92 Å². The fraction of sp³-hybridized carbons (Fsp3) is 0.125. The van der Waals surface area contributed by atoms with E-state index in [2.05, 4.69) is 0 Å². The second kappa shape index (κ2) is 6.56. The average molecular weight is 283 g/mol. The number of carbonyl (C=O) groups excluding carboxylic acids is 2. The number of rotatable bonds is 6. The first kappa shape index (κ1) is 14.6. The van der Waals surface area contributed by atoms with Gasteiger partial charge in [0.1, 0.15) is 5.78 Å². The molecular formula is C16H13NO4. The number of hydrogen-bond acceptors (Lipinski definition) is 4. The smallest absolute Gasteiger partial charge is 0.273 e. The molecule has 2 aromatic rings. The van der Waals surface area contributed by atoms with Crippen LogP contribution in [-0.2, 0) is 11.2 Å². The van der Waals surface area contributed by atoms with E-state index in [1.807, 2.05) is 0 Å². The van der Waals surface area contributed by atoms with Gasteiger partial charge in [0, 0.05) is 23.6 Å². The van der Waals surface area contributed by atoms with E-state index in [4.69, 9.17) is 0 Å². The number of Topliss-reactive ketones (excluding diaryl/α,β-unsaturated/α-hetero) is 2. The molecule has 0 bridgehead atoms. The molecule has 106 valence electrons. The van der Waals surface area contributed by atoms with Gasteiger partial charge in [-0.05, 0) is 0 Å². The number of benzene rings is 2. The Hall–Kier alpha value is -2.82. The van der Waals surface area contributed by atoms with Gasteiger partial charge in [0.05, 0.1) is 11.3 Å². The van der Waals surface area contributed by atoms with Crippen molar-refractivity contribution < 1.29 is 14.5 Å². The number of nitrogens with zero attached hydrogens (tertiary/aromatic N) is 1. The first-order valence-electron chi connectivity index (χ1n) is 6.40. The highest BCUT2D eigenvalue weighted by Crippen LogP contribution is 2.19. The van der Waals surface area contributed by atoms with Crippen LogP contribution in [0.5, 0.6) is 0 Å². The first-order valence-corrected chi connectivity index (χ1v) is 6.40. The summed E-state index contributed by atoms with van der Waals surface area (Å²) in [6.07, 6.45) is -0.369. The lowest BCUT2D eigenvalue weighted by molar-refractivity contribution is -0.385. The van der Waals surface area contributed by atoms with Gasteiger partial charge in [-0.3, -0.25) is 19.7 Å². The van der Waals surface area contributed by atoms with Crippen molar-refractivity contribution in [2.75, 3.05) is 0 Å². The molecule has 21 heavy (non-hydrogen) atoms. The van der Waals surface area contributed by atoms with Crippen LogP contribution in [0.4, 0.5) is 5.69 Å². The summed E-state index contributed by atoms with van der Waals surface area (Å²) in [7, 11) is 0. The Morgan fingerprint density at radius 1 is 0.952 bits per heavy atom. The molecule has 0 saturated heterocycles. The molecule has 5 nitrogen and oxygen atoms in total. The lowest BCUT2D eigenvalue weighted by Crippen LogP contribution is -2.11. The predicted octanol–water partition coefficient (Wildman–Crippen LogP) is 2.98. The van der Waals surface area contributed by atoms with E-state index >= 15 is 0 Å². The average Bonchev–Trinajstić information content (AvgIpc) is 2.48. The molecule has 0 atom stereocenters. The van der Waals surface area contributed by atoms with E-state index in [9.17, 15) is 19.7 Å². The molecular weight excluding hydrogens is 270 g/mol. The van der Waals surface area contributed by atoms with Gasteiger partial charge in [-0.15, -0.1) is 0 Å². The van der Waals surface area contributed by atoms with Gasteiger partial charge < -0.3 is 0 Å². The number of nitro benzene ring substituents is 1. The van der Waals surface area contributed by atoms with Gasteiger partial charge in [-0.2, -0.15) is 0 Å². The number of carbonyl (C=O) groups is 2. The van der Waals surface area contributed by atoms with E-state index in [-0.39, 0.29) is 30.1 Å². The maximum absolute atomic E-state index is 11.9. The highest BCUT2D eigenvalue weighted by molar-refractivity contribution is 6.08. The van der Waals surface area contributed by atoms with Crippen LogP contribution in [0.25, 0.3) is 0 Å². The molecule has 0 amide bonds. The molecule has 0 N–H and O–H groups in total. The summed E-state index contributed by atoms with van der Waals surface area (Å²) >= 11 is 0. The van der Waals surface area contributed by atoms with Crippen molar-refractivity contribution >= 4 is 17.3 Å². The standard InChI is InChI=1S/C16H13NO4/c18-14(11-16(19)12-6-2-1-3-7-12)10-13-8-4-5-9-15(13)17(20)21/h1-9H,10-11H2. The summed E-state index contributed by atoms with van der Waals surface area (Å²) in [6.45, 7) is 0. The molecule has 0 heterocycles. The van der Waals surface area contributed by atoms with Crippen LogP contribution >= 0.6 is 0 Å². The molecule has 0 saturated carbocycles. The monoisotopic (exact) mass is 283 g/mol. The zero-order valence-electron chi connectivity index (χ0n) is 11.2. The largest absolute Gasteiger partial charge is 0.299 e. The minimum atomic E-state index is -0.526. The predicted molar refractivity (Wildman–Crippen MR) is 77.2 cm³/mol. The van der Waals surface area contributed by atoms with Crippen LogP contribution in [0.15, 0.2) is 54.6 Å². The van der Waals surface area contributed by atoms with Crippen molar-refractivity contribution in [1.82, 2.24) is 0 Å². The fourth-order valence-electron chi connectivity index (χ4n) is 2.02. The summed E-state index contributed by atoms with van der Waals surface area (Å²) in [5, 5.41) is 10.9. The van der Waals surface area contributed by atoms with Crippen LogP contribution in [0.2, 0.25) is 0 Å². The molecule has 0 aliphatic rings. The summed E-state index contributed by atoms with van der Waals surface area (Å²) in [5.74, 6) is -0.614. The fourth-order valence-corrected chi connectivity index (χ4v) is 2.02. The Labute approximate surface area is 121 Å². The van der Waals surface area contributed by atoms with Crippen LogP contribution in [-0.4, -0.2) is 16.5 Å². The third-order valence-corrected chi connectivity index (χ3v) is 3.03. The molecule has 0 radical (unpaired) electrons. The van der Waals surface area contributed by atoms with Crippen LogP contribution < -0.4 is 0 Å². The molecule has 5 heteroatoms. The molecule has 2 rings (SSSR count). The summed E-state index contributed by atoms with van der Waals surface area (Å²) < 4.78 is 0. The number of para-hydroxylation sites is 1. The van der Waals surface area contributed by atoms with Gasteiger partial charge in [0.25, 0.3) is 5.69 Å². The Kier molecular flexibility index (Phi) is 4.56. The Morgan fingerprint density at radius 2 is 1.57 bits per heavy atom. The molecule has 0 spiro atoms. The van der Waals surface area contributed by atoms with Gasteiger partial charge in [-0.25, -0.2) is 0 Å². The molecule has 0 aliphatic carbocycles. The van der Waals surface area contributed by atoms with Gasteiger partial charge in [-0.1, -0.05) is 48.5 Å². The highest BCUT2D eigenvalue weighted by Gasteiger charge is 2.17. The van der Waals surface area contributed by atoms with Gasteiger partial charge >= 0.3 is 0 Å². The van der Waals surface area contributed by atoms with Crippen LogP contribution in [0.3, 0.4) is 0 Å². The third-order valence-electron chi connectivity index (χ3n) is 3.03. The third kappa shape index (κ3) is 3.82. The topological polar surface area (TPSA) is 77.3 Å². The molecule has 2 aromatic carbocycles. The van der Waals surface area contributed by atoms with E-state index in [1.54, 1.807) is 42.5 Å². The summed E-state index contributed by atoms with van der Waals surface area (Å²) in [5.41, 5.74) is 0.694. The lowest BCUT2D eigenvalue weighted by Gasteiger charge is -2.03. The maximum atomic E-state index is 11.9. The molecule has 0 aromatic heterocycles. The Bertz CT molecular complexity index is 680. The number of ketones is 2. The summed E-state index contributed by atoms with van der Waals surface area (Å²) in [6, 6.07) is 14.6. The Balaban J connectivity index is 2.06. The SMILES string of the molecule is O=C(CC(=O)c1ccccc1)Cc1ccccc1[N+](=O)[O-]. The zero-order chi connectivity index (χ0) is 15.2. The number of hydrogen-bond donors (Lipinski definition) is 0. The molecule has 0 aliphatic heterocycles. The maximum Gasteiger partial charge on any atom is 0.273 e. The quantitative estimate of drug-likeness (QED) is 0.353. The van der Waals surface area contributed by atoms with Crippen LogP contribution in [0, 0.1) is 10.1 Å². The van der Waals surface area contributed by atoms with Crippen molar-refractivity contribution in [3.8, 4) is 0 Å². The van der Waals surface area contributed by atoms with Crippen molar-refractivity contribution in [2.24, 2.45) is 0 Å². The molecule has 0 fully saturated rings. The highest BCUT2D eigenvalue weighted by atomic mass is 16.6. The van der Waals surface area contributed by atoms with Gasteiger partial charge in [0.2, 0.25) is 0 Å². The number of nitro groups is 1. The normalized spacial score (nSPS) is 10.1. The van der Waals surface area contributed by atoms with E-state index in [1.165, 1.54) is 12.1 Å². The van der Waals surface area contributed by atoms with Gasteiger partial charge in [0.15, 0.2) is 5.78 Å². The minimum Gasteiger partial charge on any atom is -0.299 e. The van der Waals surface area contributed by atoms with Crippen molar-refractivity contribution in [3.05, 3.63) is 75.8 Å². The second-order valence-corrected chi connectivity index (χ2v) is 4.57. The second-order valence-electron chi connectivity index (χ2n) is 4.57. The molecule has 0 unspecified atom stereocenters.